The Bertz CT molecular complexity index is 1450. The highest BCUT2D eigenvalue weighted by Crippen LogP contribution is 2.32. The van der Waals surface area contributed by atoms with E-state index >= 15 is 0 Å². The van der Waals surface area contributed by atoms with E-state index in [1.807, 2.05) is 12.1 Å². The molecule has 40 heavy (non-hydrogen) atoms. The zero-order chi connectivity index (χ0) is 29.4. The second-order valence-corrected chi connectivity index (χ2v) is 11.5. The summed E-state index contributed by atoms with van der Waals surface area (Å²) in [6, 6.07) is 15.1. The average Bonchev–Trinajstić information content (AvgIpc) is 2.94. The van der Waals surface area contributed by atoms with Crippen molar-refractivity contribution in [1.82, 2.24) is 10.2 Å². The SMILES string of the molecule is CCNC(=O)C(C)N(Cc1cccc(Br)c1)C(=O)CN(c1ccc(F)cc1)S(=O)(=O)c1ccc(OC)c(OC)c1. The first-order chi connectivity index (χ1) is 19.0. The number of rotatable bonds is 12. The molecule has 9 nitrogen and oxygen atoms in total. The summed E-state index contributed by atoms with van der Waals surface area (Å²) in [5.74, 6) is -1.09. The summed E-state index contributed by atoms with van der Waals surface area (Å²) in [4.78, 5) is 27.8. The number of carbonyl (C=O) groups excluding carboxylic acids is 2. The molecule has 0 saturated carbocycles. The molecule has 0 radical (unpaired) electrons. The van der Waals surface area contributed by atoms with Crippen molar-refractivity contribution in [3.05, 3.63) is 82.6 Å². The zero-order valence-electron chi connectivity index (χ0n) is 22.6. The summed E-state index contributed by atoms with van der Waals surface area (Å²) in [7, 11) is -1.57. The molecule has 0 aliphatic carbocycles. The topological polar surface area (TPSA) is 105 Å². The number of hydrogen-bond donors (Lipinski definition) is 1. The second kappa shape index (κ2) is 13.6. The van der Waals surface area contributed by atoms with Crippen molar-refractivity contribution in [2.75, 3.05) is 31.6 Å². The molecule has 0 fully saturated rings. The van der Waals surface area contributed by atoms with E-state index in [9.17, 15) is 22.4 Å². The second-order valence-electron chi connectivity index (χ2n) is 8.73. The third kappa shape index (κ3) is 7.30. The Kier molecular flexibility index (Phi) is 10.5. The molecule has 1 N–H and O–H groups in total. The fraction of sp³-hybridized carbons (Fsp3) is 0.286. The van der Waals surface area contributed by atoms with Gasteiger partial charge in [-0.25, -0.2) is 12.8 Å². The third-order valence-corrected chi connectivity index (χ3v) is 8.36. The molecule has 0 heterocycles. The van der Waals surface area contributed by atoms with Gasteiger partial charge in [-0.05, 0) is 67.9 Å². The molecule has 0 aliphatic heterocycles. The molecule has 3 rings (SSSR count). The minimum atomic E-state index is -4.37. The van der Waals surface area contributed by atoms with Gasteiger partial charge in [-0.1, -0.05) is 28.1 Å². The smallest absolute Gasteiger partial charge is 0.264 e. The van der Waals surface area contributed by atoms with Crippen LogP contribution < -0.4 is 19.1 Å². The van der Waals surface area contributed by atoms with E-state index < -0.39 is 34.3 Å². The van der Waals surface area contributed by atoms with E-state index in [0.717, 1.165) is 26.5 Å². The summed E-state index contributed by atoms with van der Waals surface area (Å²) in [6.07, 6.45) is 0. The van der Waals surface area contributed by atoms with Crippen molar-refractivity contribution in [3.63, 3.8) is 0 Å². The van der Waals surface area contributed by atoms with Gasteiger partial charge in [0.1, 0.15) is 18.4 Å². The normalized spacial score (nSPS) is 11.8. The van der Waals surface area contributed by atoms with E-state index in [0.29, 0.717) is 12.3 Å². The number of amides is 2. The minimum Gasteiger partial charge on any atom is -0.493 e. The number of halogens is 2. The monoisotopic (exact) mass is 635 g/mol. The Labute approximate surface area is 242 Å². The summed E-state index contributed by atoms with van der Waals surface area (Å²) < 4.78 is 53.8. The van der Waals surface area contributed by atoms with Crippen LogP contribution in [0, 0.1) is 5.82 Å². The van der Waals surface area contributed by atoms with Gasteiger partial charge < -0.3 is 19.7 Å². The maximum atomic E-state index is 13.9. The average molecular weight is 637 g/mol. The number of nitrogens with one attached hydrogen (secondary N) is 1. The van der Waals surface area contributed by atoms with Gasteiger partial charge in [0.15, 0.2) is 11.5 Å². The Morgan fingerprint density at radius 2 is 1.68 bits per heavy atom. The Balaban J connectivity index is 2.07. The van der Waals surface area contributed by atoms with Crippen molar-refractivity contribution in [2.45, 2.75) is 31.3 Å². The van der Waals surface area contributed by atoms with Crippen molar-refractivity contribution in [1.29, 1.82) is 0 Å². The van der Waals surface area contributed by atoms with Gasteiger partial charge in [0.25, 0.3) is 10.0 Å². The summed E-state index contributed by atoms with van der Waals surface area (Å²) >= 11 is 3.41. The number of ether oxygens (including phenoxy) is 2. The van der Waals surface area contributed by atoms with Crippen molar-refractivity contribution in [2.24, 2.45) is 0 Å². The molecule has 3 aromatic rings. The first-order valence-electron chi connectivity index (χ1n) is 12.3. The third-order valence-electron chi connectivity index (χ3n) is 6.10. The predicted octanol–water partition coefficient (Wildman–Crippen LogP) is 4.35. The van der Waals surface area contributed by atoms with Crippen LogP contribution >= 0.6 is 15.9 Å². The lowest BCUT2D eigenvalue weighted by atomic mass is 10.1. The highest BCUT2D eigenvalue weighted by molar-refractivity contribution is 9.10. The number of benzene rings is 3. The largest absolute Gasteiger partial charge is 0.493 e. The van der Waals surface area contributed by atoms with Crippen LogP contribution in [0.5, 0.6) is 11.5 Å². The molecule has 0 aliphatic rings. The van der Waals surface area contributed by atoms with Gasteiger partial charge in [-0.3, -0.25) is 13.9 Å². The van der Waals surface area contributed by atoms with Crippen molar-refractivity contribution in [3.8, 4) is 11.5 Å². The number of sulfonamides is 1. The molecular weight excluding hydrogens is 605 g/mol. The van der Waals surface area contributed by atoms with Crippen molar-refractivity contribution >= 4 is 43.5 Å². The first kappa shape index (κ1) is 30.9. The Hall–Kier alpha value is -3.64. The molecular formula is C28H31BrFN3O6S. The van der Waals surface area contributed by atoms with E-state index in [4.69, 9.17) is 9.47 Å². The van der Waals surface area contributed by atoms with Crippen LogP contribution in [0.4, 0.5) is 10.1 Å². The van der Waals surface area contributed by atoms with Gasteiger partial charge in [0, 0.05) is 23.6 Å². The number of likely N-dealkylation sites (N-methyl/N-ethyl adjacent to an activating group) is 1. The molecule has 0 saturated heterocycles. The van der Waals surface area contributed by atoms with Gasteiger partial charge >= 0.3 is 0 Å². The highest BCUT2D eigenvalue weighted by atomic mass is 79.9. The van der Waals surface area contributed by atoms with Gasteiger partial charge in [-0.2, -0.15) is 0 Å². The summed E-state index contributed by atoms with van der Waals surface area (Å²) in [5, 5.41) is 2.71. The fourth-order valence-corrected chi connectivity index (χ4v) is 5.85. The lowest BCUT2D eigenvalue weighted by Gasteiger charge is -2.32. The van der Waals surface area contributed by atoms with Crippen LogP contribution in [0.15, 0.2) is 76.1 Å². The number of carbonyl (C=O) groups is 2. The minimum absolute atomic E-state index is 0.0459. The molecule has 3 aromatic carbocycles. The van der Waals surface area contributed by atoms with Gasteiger partial charge in [0.05, 0.1) is 24.8 Å². The standard InChI is InChI=1S/C28H31BrFN3O6S/c1-5-31-28(35)19(2)32(17-20-7-6-8-21(29)15-20)27(34)18-33(23-11-9-22(30)10-12-23)40(36,37)24-13-14-25(38-3)26(16-24)39-4/h6-16,19H,5,17-18H2,1-4H3,(H,31,35). The Morgan fingerprint density at radius 1 is 1.00 bits per heavy atom. The lowest BCUT2D eigenvalue weighted by Crippen LogP contribution is -2.51. The van der Waals surface area contributed by atoms with Crippen molar-refractivity contribution < 1.29 is 31.9 Å². The number of methoxy groups -OCH3 is 2. The van der Waals surface area contributed by atoms with E-state index in [1.54, 1.807) is 26.0 Å². The van der Waals surface area contributed by atoms with E-state index in [-0.39, 0.29) is 28.8 Å². The maximum absolute atomic E-state index is 13.9. The number of anilines is 1. The molecule has 0 aromatic heterocycles. The number of nitrogens with zero attached hydrogens (tertiary/aromatic N) is 2. The number of hydrogen-bond acceptors (Lipinski definition) is 6. The summed E-state index contributed by atoms with van der Waals surface area (Å²) in [6.45, 7) is 3.09. The van der Waals surface area contributed by atoms with Gasteiger partial charge in [-0.15, -0.1) is 0 Å². The lowest BCUT2D eigenvalue weighted by molar-refractivity contribution is -0.139. The molecule has 1 atom stereocenters. The molecule has 0 spiro atoms. The fourth-order valence-electron chi connectivity index (χ4n) is 3.98. The van der Waals surface area contributed by atoms with Crippen LogP contribution in [0.25, 0.3) is 0 Å². The van der Waals surface area contributed by atoms with Crippen LogP contribution in [0.1, 0.15) is 19.4 Å². The predicted molar refractivity (Wildman–Crippen MR) is 153 cm³/mol. The zero-order valence-corrected chi connectivity index (χ0v) is 25.0. The molecule has 214 valence electrons. The molecule has 1 unspecified atom stereocenters. The quantitative estimate of drug-likeness (QED) is 0.317. The molecule has 0 bridgehead atoms. The highest BCUT2D eigenvalue weighted by Gasteiger charge is 2.33. The molecule has 2 amide bonds. The van der Waals surface area contributed by atoms with E-state index in [1.165, 1.54) is 49.5 Å². The van der Waals surface area contributed by atoms with Crippen LogP contribution in [-0.4, -0.2) is 58.5 Å². The molecule has 12 heteroatoms. The van der Waals surface area contributed by atoms with Crippen LogP contribution in [0.2, 0.25) is 0 Å². The van der Waals surface area contributed by atoms with Crippen LogP contribution in [-0.2, 0) is 26.2 Å². The van der Waals surface area contributed by atoms with Gasteiger partial charge in [0.2, 0.25) is 11.8 Å². The van der Waals surface area contributed by atoms with E-state index in [2.05, 4.69) is 21.2 Å². The Morgan fingerprint density at radius 3 is 2.27 bits per heavy atom. The van der Waals surface area contributed by atoms with Crippen LogP contribution in [0.3, 0.4) is 0 Å². The maximum Gasteiger partial charge on any atom is 0.264 e. The first-order valence-corrected chi connectivity index (χ1v) is 14.6. The summed E-state index contributed by atoms with van der Waals surface area (Å²) in [5.41, 5.74) is 0.799.